The summed E-state index contributed by atoms with van der Waals surface area (Å²) in [5.41, 5.74) is 7.82. The summed E-state index contributed by atoms with van der Waals surface area (Å²) in [7, 11) is -3.50. The fraction of sp³-hybridized carbons (Fsp3) is 0.333. The van der Waals surface area contributed by atoms with Crippen molar-refractivity contribution in [2.24, 2.45) is 5.41 Å². The van der Waals surface area contributed by atoms with Gasteiger partial charge in [-0.05, 0) is 73.9 Å². The van der Waals surface area contributed by atoms with Crippen molar-refractivity contribution in [3.8, 4) is 11.1 Å². The zero-order valence-electron chi connectivity index (χ0n) is 19.9. The molecule has 3 aliphatic carbocycles. The highest BCUT2D eigenvalue weighted by Gasteiger charge is 2.58. The van der Waals surface area contributed by atoms with Crippen molar-refractivity contribution >= 4 is 10.0 Å². The minimum atomic E-state index is -3.50. The lowest BCUT2D eigenvalue weighted by atomic mass is 9.50. The summed E-state index contributed by atoms with van der Waals surface area (Å²) in [6, 6.07) is 26.8. The van der Waals surface area contributed by atoms with Crippen LogP contribution in [0.5, 0.6) is 0 Å². The average molecular weight is 470 g/mol. The number of fused-ring (bicyclic) bond motifs is 2. The second-order valence-corrected chi connectivity index (χ2v) is 12.4. The minimum absolute atomic E-state index is 0.00525. The molecular formula is C30H31NO2S. The highest BCUT2D eigenvalue weighted by molar-refractivity contribution is 7.89. The van der Waals surface area contributed by atoms with Gasteiger partial charge in [-0.3, -0.25) is 0 Å². The molecule has 0 atom stereocenters. The van der Waals surface area contributed by atoms with Crippen LogP contribution in [0.3, 0.4) is 0 Å². The van der Waals surface area contributed by atoms with E-state index in [-0.39, 0.29) is 10.8 Å². The Balaban J connectivity index is 1.43. The van der Waals surface area contributed by atoms with Gasteiger partial charge in [0.05, 0.1) is 4.90 Å². The smallest absolute Gasteiger partial charge is 0.207 e. The average Bonchev–Trinajstić information content (AvgIpc) is 3.27. The number of aryl methyl sites for hydroxylation is 1. The Morgan fingerprint density at radius 1 is 0.765 bits per heavy atom. The number of sulfonamides is 1. The first-order chi connectivity index (χ1) is 16.4. The van der Waals surface area contributed by atoms with E-state index < -0.39 is 10.0 Å². The van der Waals surface area contributed by atoms with Gasteiger partial charge in [-0.25, -0.2) is 8.42 Å². The molecule has 1 saturated heterocycles. The van der Waals surface area contributed by atoms with Crippen molar-refractivity contribution in [2.45, 2.75) is 49.8 Å². The van der Waals surface area contributed by atoms with Gasteiger partial charge >= 0.3 is 0 Å². The normalized spacial score (nSPS) is 26.6. The maximum Gasteiger partial charge on any atom is 0.243 e. The molecule has 2 fully saturated rings. The van der Waals surface area contributed by atoms with E-state index in [4.69, 9.17) is 0 Å². The fourth-order valence-corrected chi connectivity index (χ4v) is 8.39. The maximum atomic E-state index is 13.6. The number of benzene rings is 3. The summed E-state index contributed by atoms with van der Waals surface area (Å²) in [4.78, 5) is 0.407. The van der Waals surface area contributed by atoms with Crippen LogP contribution in [-0.4, -0.2) is 25.8 Å². The number of nitrogens with zero attached hydrogens (tertiary/aromatic N) is 1. The molecule has 1 heterocycles. The molecule has 1 saturated carbocycles. The monoisotopic (exact) mass is 469 g/mol. The summed E-state index contributed by atoms with van der Waals surface area (Å²) >= 11 is 0. The third-order valence-corrected chi connectivity index (χ3v) is 10.7. The second kappa shape index (κ2) is 7.66. The van der Waals surface area contributed by atoms with Crippen LogP contribution >= 0.6 is 0 Å². The van der Waals surface area contributed by atoms with Crippen molar-refractivity contribution in [1.29, 1.82) is 0 Å². The molecule has 4 aliphatic rings. The maximum absolute atomic E-state index is 13.6. The van der Waals surface area contributed by atoms with E-state index in [1.807, 2.05) is 19.1 Å². The van der Waals surface area contributed by atoms with E-state index in [0.29, 0.717) is 18.0 Å². The number of hydrogen-bond donors (Lipinski definition) is 0. The third kappa shape index (κ3) is 3.08. The van der Waals surface area contributed by atoms with E-state index in [1.54, 1.807) is 16.4 Å². The summed E-state index contributed by atoms with van der Waals surface area (Å²) in [5.74, 6) is 0. The van der Waals surface area contributed by atoms with Gasteiger partial charge in [0, 0.05) is 23.9 Å². The summed E-state index contributed by atoms with van der Waals surface area (Å²) < 4.78 is 28.9. The van der Waals surface area contributed by atoms with Crippen LogP contribution in [0.25, 0.3) is 11.1 Å². The van der Waals surface area contributed by atoms with E-state index >= 15 is 0 Å². The number of hydrogen-bond acceptors (Lipinski definition) is 2. The first-order valence-electron chi connectivity index (χ1n) is 12.3. The highest BCUT2D eigenvalue weighted by Crippen LogP contribution is 2.63. The van der Waals surface area contributed by atoms with Gasteiger partial charge < -0.3 is 0 Å². The van der Waals surface area contributed by atoms with Crippen LogP contribution in [0.15, 0.2) is 94.9 Å². The van der Waals surface area contributed by atoms with Crippen molar-refractivity contribution in [2.75, 3.05) is 13.1 Å². The Kier molecular flexibility index (Phi) is 4.91. The summed E-state index contributed by atoms with van der Waals surface area (Å²) in [5, 5.41) is 0. The molecule has 3 aromatic rings. The van der Waals surface area contributed by atoms with Crippen molar-refractivity contribution in [3.05, 3.63) is 101 Å². The molecule has 7 rings (SSSR count). The molecule has 0 N–H and O–H groups in total. The molecule has 0 radical (unpaired) electrons. The molecule has 3 aromatic carbocycles. The highest BCUT2D eigenvalue weighted by atomic mass is 32.2. The quantitative estimate of drug-likeness (QED) is 0.409. The zero-order valence-corrected chi connectivity index (χ0v) is 20.7. The van der Waals surface area contributed by atoms with Gasteiger partial charge in [-0.2, -0.15) is 4.31 Å². The van der Waals surface area contributed by atoms with E-state index in [0.717, 1.165) is 31.2 Å². The standard InChI is InChI=1S/C30H31NO2S/c1-22-12-14-25(15-13-22)34(32,33)31-20-28-23(2)30(18-16-29(28,21-31)17-19-30)27-11-7-6-10-26(27)24-8-4-3-5-9-24/h3-15H,16-21H2,1-2H3. The summed E-state index contributed by atoms with van der Waals surface area (Å²) in [6.45, 7) is 5.41. The van der Waals surface area contributed by atoms with Crippen LogP contribution in [0, 0.1) is 12.3 Å². The van der Waals surface area contributed by atoms with Crippen molar-refractivity contribution < 1.29 is 8.42 Å². The lowest BCUT2D eigenvalue weighted by molar-refractivity contribution is 0.158. The van der Waals surface area contributed by atoms with Gasteiger partial charge in [0.25, 0.3) is 0 Å². The summed E-state index contributed by atoms with van der Waals surface area (Å²) in [6.07, 6.45) is 4.29. The predicted octanol–water partition coefficient (Wildman–Crippen LogP) is 6.49. The Morgan fingerprint density at radius 2 is 1.41 bits per heavy atom. The predicted molar refractivity (Wildman–Crippen MR) is 137 cm³/mol. The van der Waals surface area contributed by atoms with E-state index in [9.17, 15) is 8.42 Å². The molecule has 3 nitrogen and oxygen atoms in total. The minimum Gasteiger partial charge on any atom is -0.207 e. The van der Waals surface area contributed by atoms with Gasteiger partial charge in [0.15, 0.2) is 0 Å². The van der Waals surface area contributed by atoms with E-state index in [2.05, 4.69) is 61.5 Å². The van der Waals surface area contributed by atoms with Gasteiger partial charge in [0.2, 0.25) is 10.0 Å². The Hall–Kier alpha value is -2.69. The Morgan fingerprint density at radius 3 is 2.12 bits per heavy atom. The molecule has 34 heavy (non-hydrogen) atoms. The third-order valence-electron chi connectivity index (χ3n) is 8.87. The lowest BCUT2D eigenvalue weighted by Crippen LogP contribution is -2.46. The number of allylic oxidation sites excluding steroid dienone is 1. The van der Waals surface area contributed by atoms with Gasteiger partial charge in [0.1, 0.15) is 0 Å². The molecule has 2 bridgehead atoms. The van der Waals surface area contributed by atoms with Crippen LogP contribution in [0.1, 0.15) is 43.7 Å². The molecule has 4 heteroatoms. The van der Waals surface area contributed by atoms with Gasteiger partial charge in [-0.15, -0.1) is 0 Å². The molecule has 1 aliphatic heterocycles. The molecule has 0 unspecified atom stereocenters. The van der Waals surface area contributed by atoms with Crippen LogP contribution in [0.4, 0.5) is 0 Å². The van der Waals surface area contributed by atoms with E-state index in [1.165, 1.54) is 27.8 Å². The van der Waals surface area contributed by atoms with Crippen LogP contribution in [-0.2, 0) is 15.4 Å². The molecule has 174 valence electrons. The SMILES string of the molecule is CC1=C2CN(S(=O)(=O)c3ccc(C)cc3)CC23CCC1(c1ccccc1-c1ccccc1)CC3. The Labute approximate surface area is 203 Å². The zero-order chi connectivity index (χ0) is 23.6. The topological polar surface area (TPSA) is 37.4 Å². The number of rotatable bonds is 4. The largest absolute Gasteiger partial charge is 0.243 e. The first-order valence-corrected chi connectivity index (χ1v) is 13.7. The van der Waals surface area contributed by atoms with Crippen molar-refractivity contribution in [1.82, 2.24) is 4.31 Å². The first kappa shape index (κ1) is 21.8. The molecule has 0 aromatic heterocycles. The fourth-order valence-electron chi connectivity index (χ4n) is 6.90. The molecule has 1 spiro atoms. The molecule has 0 amide bonds. The van der Waals surface area contributed by atoms with Crippen molar-refractivity contribution in [3.63, 3.8) is 0 Å². The van der Waals surface area contributed by atoms with Crippen LogP contribution < -0.4 is 0 Å². The lowest BCUT2D eigenvalue weighted by Gasteiger charge is -2.53. The Bertz CT molecular complexity index is 1380. The van der Waals surface area contributed by atoms with Crippen LogP contribution in [0.2, 0.25) is 0 Å². The molecular weight excluding hydrogens is 438 g/mol. The second-order valence-electron chi connectivity index (χ2n) is 10.5. The van der Waals surface area contributed by atoms with Gasteiger partial charge in [-0.1, -0.05) is 77.9 Å².